The number of amides is 1. The SMILES string of the molecule is Cc1ccccc1NCC(=O)N/N=C/c1cccc(Cl)c1. The van der Waals surface area contributed by atoms with Gasteiger partial charge in [-0.05, 0) is 36.2 Å². The number of halogens is 1. The van der Waals surface area contributed by atoms with Gasteiger partial charge < -0.3 is 5.32 Å². The number of carbonyl (C=O) groups is 1. The summed E-state index contributed by atoms with van der Waals surface area (Å²) in [5.41, 5.74) is 5.32. The maximum absolute atomic E-state index is 11.7. The third-order valence-corrected chi connectivity index (χ3v) is 3.07. The van der Waals surface area contributed by atoms with E-state index in [1.807, 2.05) is 43.3 Å². The van der Waals surface area contributed by atoms with E-state index in [4.69, 9.17) is 11.6 Å². The van der Waals surface area contributed by atoms with Gasteiger partial charge in [0.15, 0.2) is 0 Å². The van der Waals surface area contributed by atoms with Gasteiger partial charge in [0.1, 0.15) is 0 Å². The Balaban J connectivity index is 1.81. The number of hydrazone groups is 1. The molecule has 0 saturated heterocycles. The molecular formula is C16H16ClN3O. The first-order valence-corrected chi connectivity index (χ1v) is 6.90. The quantitative estimate of drug-likeness (QED) is 0.658. The second-order valence-corrected chi connectivity index (χ2v) is 4.95. The molecule has 1 amide bonds. The van der Waals surface area contributed by atoms with Crippen LogP contribution in [0.25, 0.3) is 0 Å². The predicted molar refractivity (Wildman–Crippen MR) is 86.9 cm³/mol. The predicted octanol–water partition coefficient (Wildman–Crippen LogP) is 3.21. The lowest BCUT2D eigenvalue weighted by molar-refractivity contribution is -0.119. The molecular weight excluding hydrogens is 286 g/mol. The second-order valence-electron chi connectivity index (χ2n) is 4.52. The highest BCUT2D eigenvalue weighted by molar-refractivity contribution is 6.30. The molecule has 4 nitrogen and oxygen atoms in total. The minimum absolute atomic E-state index is 0.164. The van der Waals surface area contributed by atoms with Gasteiger partial charge in [-0.25, -0.2) is 5.43 Å². The van der Waals surface area contributed by atoms with Crippen molar-refractivity contribution in [2.24, 2.45) is 5.10 Å². The Kier molecular flexibility index (Phi) is 5.35. The van der Waals surface area contributed by atoms with Crippen molar-refractivity contribution in [3.05, 3.63) is 64.7 Å². The molecule has 0 spiro atoms. The zero-order valence-corrected chi connectivity index (χ0v) is 12.4. The Bertz CT molecular complexity index is 655. The molecule has 0 aliphatic heterocycles. The molecule has 0 aliphatic rings. The number of para-hydroxylation sites is 1. The van der Waals surface area contributed by atoms with Crippen molar-refractivity contribution in [3.63, 3.8) is 0 Å². The molecule has 2 rings (SSSR count). The van der Waals surface area contributed by atoms with E-state index in [0.29, 0.717) is 5.02 Å². The van der Waals surface area contributed by atoms with Crippen molar-refractivity contribution in [1.82, 2.24) is 5.43 Å². The van der Waals surface area contributed by atoms with Crippen molar-refractivity contribution in [2.45, 2.75) is 6.92 Å². The van der Waals surface area contributed by atoms with Crippen LogP contribution in [0.1, 0.15) is 11.1 Å². The summed E-state index contributed by atoms with van der Waals surface area (Å²) < 4.78 is 0. The van der Waals surface area contributed by atoms with Gasteiger partial charge in [0.05, 0.1) is 12.8 Å². The topological polar surface area (TPSA) is 53.5 Å². The maximum atomic E-state index is 11.7. The molecule has 2 aromatic rings. The first kappa shape index (κ1) is 15.1. The summed E-state index contributed by atoms with van der Waals surface area (Å²) in [4.78, 5) is 11.7. The summed E-state index contributed by atoms with van der Waals surface area (Å²) in [6.07, 6.45) is 1.55. The van der Waals surface area contributed by atoms with E-state index in [-0.39, 0.29) is 12.5 Å². The lowest BCUT2D eigenvalue weighted by Crippen LogP contribution is -2.26. The fourth-order valence-corrected chi connectivity index (χ4v) is 1.95. The fraction of sp³-hybridized carbons (Fsp3) is 0.125. The minimum Gasteiger partial charge on any atom is -0.376 e. The largest absolute Gasteiger partial charge is 0.376 e. The van der Waals surface area contributed by atoms with Crippen LogP contribution < -0.4 is 10.7 Å². The number of aryl methyl sites for hydroxylation is 1. The van der Waals surface area contributed by atoms with E-state index in [1.54, 1.807) is 18.3 Å². The molecule has 0 atom stereocenters. The van der Waals surface area contributed by atoms with Crippen LogP contribution >= 0.6 is 11.6 Å². The molecule has 0 bridgehead atoms. The van der Waals surface area contributed by atoms with Crippen LogP contribution in [0, 0.1) is 6.92 Å². The second kappa shape index (κ2) is 7.45. The van der Waals surface area contributed by atoms with Crippen LogP contribution in [-0.2, 0) is 4.79 Å². The van der Waals surface area contributed by atoms with E-state index < -0.39 is 0 Å². The molecule has 5 heteroatoms. The molecule has 0 heterocycles. The normalized spacial score (nSPS) is 10.6. The lowest BCUT2D eigenvalue weighted by Gasteiger charge is -2.07. The molecule has 0 aromatic heterocycles. The monoisotopic (exact) mass is 301 g/mol. The number of rotatable bonds is 5. The van der Waals surface area contributed by atoms with Gasteiger partial charge in [-0.1, -0.05) is 41.9 Å². The van der Waals surface area contributed by atoms with Gasteiger partial charge in [-0.3, -0.25) is 4.79 Å². The van der Waals surface area contributed by atoms with Gasteiger partial charge in [0.2, 0.25) is 0 Å². The van der Waals surface area contributed by atoms with Gasteiger partial charge in [0.25, 0.3) is 5.91 Å². The summed E-state index contributed by atoms with van der Waals surface area (Å²) in [7, 11) is 0. The molecule has 0 unspecified atom stereocenters. The van der Waals surface area contributed by atoms with Gasteiger partial charge in [-0.2, -0.15) is 5.10 Å². The fourth-order valence-electron chi connectivity index (χ4n) is 1.75. The molecule has 0 aliphatic carbocycles. The van der Waals surface area contributed by atoms with E-state index in [9.17, 15) is 4.79 Å². The molecule has 21 heavy (non-hydrogen) atoms. The molecule has 0 radical (unpaired) electrons. The van der Waals surface area contributed by atoms with Crippen LogP contribution in [0.4, 0.5) is 5.69 Å². The van der Waals surface area contributed by atoms with Gasteiger partial charge in [-0.15, -0.1) is 0 Å². The highest BCUT2D eigenvalue weighted by Crippen LogP contribution is 2.12. The third-order valence-electron chi connectivity index (χ3n) is 2.84. The zero-order valence-electron chi connectivity index (χ0n) is 11.6. The van der Waals surface area contributed by atoms with Gasteiger partial charge in [0, 0.05) is 10.7 Å². The number of hydrogen-bond acceptors (Lipinski definition) is 3. The minimum atomic E-state index is -0.212. The zero-order chi connectivity index (χ0) is 15.1. The molecule has 108 valence electrons. The van der Waals surface area contributed by atoms with Crippen molar-refractivity contribution < 1.29 is 4.79 Å². The van der Waals surface area contributed by atoms with Gasteiger partial charge >= 0.3 is 0 Å². The van der Waals surface area contributed by atoms with Crippen molar-refractivity contribution in [1.29, 1.82) is 0 Å². The third kappa shape index (κ3) is 4.93. The summed E-state index contributed by atoms with van der Waals surface area (Å²) >= 11 is 5.86. The molecule has 0 fully saturated rings. The van der Waals surface area contributed by atoms with Crippen LogP contribution in [0.15, 0.2) is 53.6 Å². The smallest absolute Gasteiger partial charge is 0.259 e. The Hall–Kier alpha value is -2.33. The summed E-state index contributed by atoms with van der Waals surface area (Å²) in [5, 5.41) is 7.59. The summed E-state index contributed by atoms with van der Waals surface area (Å²) in [6, 6.07) is 15.0. The standard InChI is InChI=1S/C16H16ClN3O/c1-12-5-2-3-8-15(12)18-11-16(21)20-19-10-13-6-4-7-14(17)9-13/h2-10,18H,11H2,1H3,(H,20,21)/b19-10+. The summed E-state index contributed by atoms with van der Waals surface area (Å²) in [6.45, 7) is 2.15. The van der Waals surface area contributed by atoms with E-state index in [1.165, 1.54) is 0 Å². The Morgan fingerprint density at radius 1 is 1.24 bits per heavy atom. The van der Waals surface area contributed by atoms with Crippen molar-refractivity contribution >= 4 is 29.4 Å². The highest BCUT2D eigenvalue weighted by Gasteiger charge is 2.01. The maximum Gasteiger partial charge on any atom is 0.259 e. The number of carbonyl (C=O) groups excluding carboxylic acids is 1. The molecule has 2 N–H and O–H groups in total. The number of anilines is 1. The molecule has 2 aromatic carbocycles. The average molecular weight is 302 g/mol. The first-order valence-electron chi connectivity index (χ1n) is 6.52. The van der Waals surface area contributed by atoms with E-state index >= 15 is 0 Å². The summed E-state index contributed by atoms with van der Waals surface area (Å²) in [5.74, 6) is -0.212. The molecule has 0 saturated carbocycles. The van der Waals surface area contributed by atoms with E-state index in [2.05, 4.69) is 15.8 Å². The Morgan fingerprint density at radius 2 is 2.05 bits per heavy atom. The number of nitrogens with one attached hydrogen (secondary N) is 2. The van der Waals surface area contributed by atoms with Crippen molar-refractivity contribution in [2.75, 3.05) is 11.9 Å². The average Bonchev–Trinajstić information content (AvgIpc) is 2.46. The van der Waals surface area contributed by atoms with E-state index in [0.717, 1.165) is 16.8 Å². The number of hydrogen-bond donors (Lipinski definition) is 2. The van der Waals surface area contributed by atoms with Crippen LogP contribution in [0.3, 0.4) is 0 Å². The van der Waals surface area contributed by atoms with Crippen molar-refractivity contribution in [3.8, 4) is 0 Å². The number of nitrogens with zero attached hydrogens (tertiary/aromatic N) is 1. The Morgan fingerprint density at radius 3 is 2.81 bits per heavy atom. The van der Waals surface area contributed by atoms with Crippen LogP contribution in [-0.4, -0.2) is 18.7 Å². The lowest BCUT2D eigenvalue weighted by atomic mass is 10.2. The highest BCUT2D eigenvalue weighted by atomic mass is 35.5. The Labute approximate surface area is 128 Å². The van der Waals surface area contributed by atoms with Crippen LogP contribution in [0.5, 0.6) is 0 Å². The number of benzene rings is 2. The first-order chi connectivity index (χ1) is 10.1. The van der Waals surface area contributed by atoms with Crippen LogP contribution in [0.2, 0.25) is 5.02 Å².